The molecule has 1 N–H and O–H groups in total. The highest BCUT2D eigenvalue weighted by atomic mass is 16.5. The molecule has 1 aromatic carbocycles. The number of esters is 1. The van der Waals surface area contributed by atoms with Gasteiger partial charge in [0.2, 0.25) is 5.91 Å². The zero-order valence-electron chi connectivity index (χ0n) is 13.6. The highest BCUT2D eigenvalue weighted by Gasteiger charge is 2.19. The number of carbonyl (C=O) groups excluding carboxylic acids is 2. The Morgan fingerprint density at radius 1 is 1.25 bits per heavy atom. The molecule has 0 saturated carbocycles. The van der Waals surface area contributed by atoms with E-state index in [0.29, 0.717) is 25.3 Å². The largest absolute Gasteiger partial charge is 0.494 e. The van der Waals surface area contributed by atoms with Gasteiger partial charge in [0.1, 0.15) is 11.6 Å². The van der Waals surface area contributed by atoms with Gasteiger partial charge in [-0.05, 0) is 43.5 Å². The second-order valence-corrected chi connectivity index (χ2v) is 5.81. The van der Waals surface area contributed by atoms with Crippen LogP contribution >= 0.6 is 0 Å². The van der Waals surface area contributed by atoms with Gasteiger partial charge in [-0.2, -0.15) is 0 Å². The molecule has 0 atom stereocenters. The van der Waals surface area contributed by atoms with Gasteiger partial charge in [0.15, 0.2) is 0 Å². The van der Waals surface area contributed by atoms with E-state index in [-0.39, 0.29) is 11.9 Å². The van der Waals surface area contributed by atoms with Crippen molar-refractivity contribution in [3.05, 3.63) is 29.8 Å². The summed E-state index contributed by atoms with van der Waals surface area (Å²) in [4.78, 5) is 26.9. The first-order chi connectivity index (χ1) is 11.7. The number of rotatable bonds is 7. The molecule has 1 aliphatic rings. The number of hydrogen-bond donors (Lipinski definition) is 1. The molecule has 2 heterocycles. The number of unbranched alkanes of at least 4 members (excludes halogenated alkanes) is 2. The minimum Gasteiger partial charge on any atom is -0.494 e. The minimum atomic E-state index is -0.168. The van der Waals surface area contributed by atoms with Gasteiger partial charge >= 0.3 is 5.97 Å². The van der Waals surface area contributed by atoms with Gasteiger partial charge < -0.3 is 14.8 Å². The number of anilines is 1. The molecule has 1 aliphatic heterocycles. The second-order valence-electron chi connectivity index (χ2n) is 5.81. The summed E-state index contributed by atoms with van der Waals surface area (Å²) in [7, 11) is 1.40. The summed E-state index contributed by atoms with van der Waals surface area (Å²) in [5.74, 6) is 1.26. The quantitative estimate of drug-likeness (QED) is 0.624. The summed E-state index contributed by atoms with van der Waals surface area (Å²) in [5, 5.41) is 3.72. The number of carbonyl (C=O) groups is 2. The Morgan fingerprint density at radius 2 is 2.12 bits per heavy atom. The molecule has 0 spiro atoms. The van der Waals surface area contributed by atoms with Gasteiger partial charge in [-0.3, -0.25) is 9.59 Å². The van der Waals surface area contributed by atoms with E-state index in [0.717, 1.165) is 41.5 Å². The zero-order chi connectivity index (χ0) is 16.9. The smallest absolute Gasteiger partial charge is 0.305 e. The van der Waals surface area contributed by atoms with Crippen LogP contribution in [0, 0.1) is 0 Å². The van der Waals surface area contributed by atoms with Gasteiger partial charge in [-0.1, -0.05) is 0 Å². The predicted molar refractivity (Wildman–Crippen MR) is 90.1 cm³/mol. The number of hydrogen-bond acceptors (Lipinski definition) is 5. The first kappa shape index (κ1) is 16.2. The van der Waals surface area contributed by atoms with Crippen molar-refractivity contribution >= 4 is 28.6 Å². The van der Waals surface area contributed by atoms with Gasteiger partial charge in [0, 0.05) is 17.4 Å². The van der Waals surface area contributed by atoms with Gasteiger partial charge in [-0.25, -0.2) is 4.98 Å². The van der Waals surface area contributed by atoms with E-state index in [4.69, 9.17) is 4.74 Å². The number of benzene rings is 1. The molecule has 0 bridgehead atoms. The summed E-state index contributed by atoms with van der Waals surface area (Å²) >= 11 is 0. The summed E-state index contributed by atoms with van der Waals surface area (Å²) in [5.41, 5.74) is 1.76. The first-order valence-corrected chi connectivity index (χ1v) is 8.09. The molecule has 0 fully saturated rings. The van der Waals surface area contributed by atoms with E-state index in [1.165, 1.54) is 7.11 Å². The van der Waals surface area contributed by atoms with E-state index < -0.39 is 0 Å². The highest BCUT2D eigenvalue weighted by molar-refractivity contribution is 6.00. The topological polar surface area (TPSA) is 77.5 Å². The fraction of sp³-hybridized carbons (Fsp3) is 0.389. The van der Waals surface area contributed by atoms with Crippen molar-refractivity contribution < 1.29 is 19.1 Å². The summed E-state index contributed by atoms with van der Waals surface area (Å²) in [6.07, 6.45) is 3.45. The van der Waals surface area contributed by atoms with Crippen molar-refractivity contribution in [2.45, 2.75) is 32.1 Å². The highest BCUT2D eigenvalue weighted by Crippen LogP contribution is 2.27. The second kappa shape index (κ2) is 7.29. The molecule has 6 nitrogen and oxygen atoms in total. The Balaban J connectivity index is 1.53. The number of nitrogens with one attached hydrogen (secondary N) is 1. The Kier molecular flexibility index (Phi) is 4.93. The third-order valence-corrected chi connectivity index (χ3v) is 4.00. The molecule has 1 amide bonds. The molecule has 0 saturated heterocycles. The minimum absolute atomic E-state index is 0.0174. The molecule has 6 heteroatoms. The fourth-order valence-electron chi connectivity index (χ4n) is 2.72. The van der Waals surface area contributed by atoms with E-state index in [1.54, 1.807) is 0 Å². The van der Waals surface area contributed by atoms with E-state index in [9.17, 15) is 9.59 Å². The average molecular weight is 328 g/mol. The standard InChI is InChI=1S/C18H20N2O4/c1-23-17(22)5-3-2-4-8-24-14-6-7-15-12(10-14)9-13-11-16(21)20-18(13)19-15/h6-7,9-10H,2-5,8,11H2,1H3,(H,19,20,21). The molecule has 0 radical (unpaired) electrons. The van der Waals surface area contributed by atoms with Crippen molar-refractivity contribution in [3.8, 4) is 5.75 Å². The van der Waals surface area contributed by atoms with Crippen molar-refractivity contribution in [1.82, 2.24) is 4.98 Å². The molecular formula is C18H20N2O4. The first-order valence-electron chi connectivity index (χ1n) is 8.09. The van der Waals surface area contributed by atoms with Crippen LogP contribution in [0.1, 0.15) is 31.2 Å². The maximum absolute atomic E-state index is 11.4. The number of aromatic nitrogens is 1. The van der Waals surface area contributed by atoms with Crippen LogP contribution in [0.5, 0.6) is 5.75 Å². The van der Waals surface area contributed by atoms with Crippen molar-refractivity contribution in [1.29, 1.82) is 0 Å². The number of amides is 1. The molecule has 24 heavy (non-hydrogen) atoms. The maximum Gasteiger partial charge on any atom is 0.305 e. The summed E-state index contributed by atoms with van der Waals surface area (Å²) in [6, 6.07) is 7.71. The Bertz CT molecular complexity index is 773. The van der Waals surface area contributed by atoms with Crippen LogP contribution in [-0.4, -0.2) is 30.6 Å². The third kappa shape index (κ3) is 3.82. The monoisotopic (exact) mass is 328 g/mol. The molecule has 3 rings (SSSR count). The zero-order valence-corrected chi connectivity index (χ0v) is 13.6. The molecule has 0 aliphatic carbocycles. The van der Waals surface area contributed by atoms with Crippen LogP contribution in [0.2, 0.25) is 0 Å². The van der Waals surface area contributed by atoms with Crippen molar-refractivity contribution in [2.75, 3.05) is 19.0 Å². The van der Waals surface area contributed by atoms with Crippen molar-refractivity contribution in [2.24, 2.45) is 0 Å². The number of fused-ring (bicyclic) bond motifs is 2. The van der Waals surface area contributed by atoms with Crippen LogP contribution < -0.4 is 10.1 Å². The van der Waals surface area contributed by atoms with Crippen LogP contribution in [0.4, 0.5) is 5.82 Å². The number of methoxy groups -OCH3 is 1. The molecule has 1 aromatic heterocycles. The summed E-state index contributed by atoms with van der Waals surface area (Å²) < 4.78 is 10.4. The van der Waals surface area contributed by atoms with E-state index in [2.05, 4.69) is 15.0 Å². The lowest BCUT2D eigenvalue weighted by Crippen LogP contribution is -2.04. The van der Waals surface area contributed by atoms with E-state index >= 15 is 0 Å². The molecule has 0 unspecified atom stereocenters. The number of ether oxygens (including phenoxy) is 2. The lowest BCUT2D eigenvalue weighted by molar-refractivity contribution is -0.140. The van der Waals surface area contributed by atoms with Crippen LogP contribution in [0.25, 0.3) is 10.9 Å². The van der Waals surface area contributed by atoms with Crippen LogP contribution in [-0.2, 0) is 20.7 Å². The SMILES string of the molecule is COC(=O)CCCCCOc1ccc2nc3c(cc2c1)CC(=O)N3. The fourth-order valence-corrected chi connectivity index (χ4v) is 2.72. The third-order valence-electron chi connectivity index (χ3n) is 4.00. The van der Waals surface area contributed by atoms with Gasteiger partial charge in [-0.15, -0.1) is 0 Å². The Labute approximate surface area is 140 Å². The lowest BCUT2D eigenvalue weighted by atomic mass is 10.1. The Hall–Kier alpha value is -2.63. The lowest BCUT2D eigenvalue weighted by Gasteiger charge is -2.08. The predicted octanol–water partition coefficient (Wildman–Crippen LogP) is 2.84. The van der Waals surface area contributed by atoms with E-state index in [1.807, 2.05) is 24.3 Å². The van der Waals surface area contributed by atoms with Gasteiger partial charge in [0.25, 0.3) is 0 Å². The van der Waals surface area contributed by atoms with Crippen LogP contribution in [0.3, 0.4) is 0 Å². The average Bonchev–Trinajstić information content (AvgIpc) is 2.94. The van der Waals surface area contributed by atoms with Gasteiger partial charge in [0.05, 0.1) is 25.7 Å². The summed E-state index contributed by atoms with van der Waals surface area (Å²) in [6.45, 7) is 0.602. The normalized spacial score (nSPS) is 12.8. The molecule has 2 aromatic rings. The number of pyridine rings is 1. The van der Waals surface area contributed by atoms with Crippen molar-refractivity contribution in [3.63, 3.8) is 0 Å². The molecular weight excluding hydrogens is 308 g/mol. The molecule has 126 valence electrons. The van der Waals surface area contributed by atoms with Crippen LogP contribution in [0.15, 0.2) is 24.3 Å². The number of nitrogens with zero attached hydrogens (tertiary/aromatic N) is 1. The maximum atomic E-state index is 11.4. The Morgan fingerprint density at radius 3 is 2.96 bits per heavy atom.